The van der Waals surface area contributed by atoms with Gasteiger partial charge in [-0.25, -0.2) is 0 Å². The van der Waals surface area contributed by atoms with Crippen LogP contribution in [0.2, 0.25) is 0 Å². The predicted molar refractivity (Wildman–Crippen MR) is 102 cm³/mol. The van der Waals surface area contributed by atoms with Crippen LogP contribution in [0.1, 0.15) is 23.2 Å². The molecule has 2 aliphatic rings. The van der Waals surface area contributed by atoms with E-state index < -0.39 is 0 Å². The van der Waals surface area contributed by atoms with E-state index in [4.69, 9.17) is 4.74 Å². The molecule has 4 rings (SSSR count). The Hall–Kier alpha value is -1.98. The molecule has 0 aliphatic carbocycles. The average molecular weight is 353 g/mol. The van der Waals surface area contributed by atoms with Gasteiger partial charge in [0, 0.05) is 50.0 Å². The Bertz CT molecular complexity index is 799. The lowest BCUT2D eigenvalue weighted by atomic mass is 9.72. The number of fused-ring (bicyclic) bond motifs is 1. The van der Waals surface area contributed by atoms with Crippen LogP contribution in [0.5, 0.6) is 0 Å². The van der Waals surface area contributed by atoms with Crippen LogP contribution in [0.15, 0.2) is 36.5 Å². The minimum absolute atomic E-state index is 0.142. The fraction of sp³-hybridized carbons (Fsp3) is 0.524. The third-order valence-corrected chi connectivity index (χ3v) is 6.02. The Morgan fingerprint density at radius 3 is 2.88 bits per heavy atom. The molecule has 0 saturated carbocycles. The lowest BCUT2D eigenvalue weighted by molar-refractivity contribution is -0.00451. The lowest BCUT2D eigenvalue weighted by Gasteiger charge is -2.38. The fourth-order valence-corrected chi connectivity index (χ4v) is 4.62. The maximum absolute atomic E-state index is 13.2. The molecule has 2 aromatic rings. The van der Waals surface area contributed by atoms with Crippen molar-refractivity contribution in [1.29, 1.82) is 0 Å². The van der Waals surface area contributed by atoms with Gasteiger partial charge in [-0.3, -0.25) is 9.78 Å². The summed E-state index contributed by atoms with van der Waals surface area (Å²) in [4.78, 5) is 21.9. The van der Waals surface area contributed by atoms with Crippen molar-refractivity contribution < 1.29 is 9.53 Å². The molecule has 2 saturated heterocycles. The van der Waals surface area contributed by atoms with E-state index in [-0.39, 0.29) is 11.3 Å². The molecule has 1 amide bonds. The number of aromatic nitrogens is 1. The number of hydrogen-bond acceptors (Lipinski definition) is 4. The summed E-state index contributed by atoms with van der Waals surface area (Å²) in [5.41, 5.74) is 1.89. The van der Waals surface area contributed by atoms with Gasteiger partial charge < -0.3 is 14.5 Å². The summed E-state index contributed by atoms with van der Waals surface area (Å²) in [7, 11) is 4.24. The number of nitrogens with zero attached hydrogens (tertiary/aromatic N) is 3. The highest BCUT2D eigenvalue weighted by Crippen LogP contribution is 2.44. The SMILES string of the molecule is CN(C)CC1CN(C(=O)c2ccc3ncccc3c2)CC12CCOCC2. The van der Waals surface area contributed by atoms with Gasteiger partial charge in [-0.1, -0.05) is 6.07 Å². The molecule has 1 atom stereocenters. The van der Waals surface area contributed by atoms with Crippen LogP contribution in [-0.4, -0.2) is 67.6 Å². The van der Waals surface area contributed by atoms with Gasteiger partial charge in [0.25, 0.3) is 5.91 Å². The molecule has 2 aliphatic heterocycles. The number of pyridine rings is 1. The Labute approximate surface area is 154 Å². The quantitative estimate of drug-likeness (QED) is 0.851. The Morgan fingerprint density at radius 1 is 1.31 bits per heavy atom. The van der Waals surface area contributed by atoms with E-state index in [1.165, 1.54) is 0 Å². The monoisotopic (exact) mass is 353 g/mol. The van der Waals surface area contributed by atoms with Crippen molar-refractivity contribution >= 4 is 16.8 Å². The molecule has 0 bridgehead atoms. The van der Waals surface area contributed by atoms with Crippen LogP contribution in [-0.2, 0) is 4.74 Å². The maximum atomic E-state index is 13.2. The third-order valence-electron chi connectivity index (χ3n) is 6.02. The topological polar surface area (TPSA) is 45.7 Å². The Balaban J connectivity index is 1.59. The second kappa shape index (κ2) is 6.97. The molecular weight excluding hydrogens is 326 g/mol. The third kappa shape index (κ3) is 3.21. The standard InChI is InChI=1S/C21H27N3O2/c1-23(2)13-18-14-24(15-21(18)7-10-26-11-8-21)20(25)17-5-6-19-16(12-17)4-3-9-22-19/h3-6,9,12,18H,7-8,10-11,13-15H2,1-2H3. The first-order chi connectivity index (χ1) is 12.6. The molecule has 138 valence electrons. The zero-order valence-electron chi connectivity index (χ0n) is 15.6. The van der Waals surface area contributed by atoms with Crippen LogP contribution < -0.4 is 0 Å². The Morgan fingerprint density at radius 2 is 2.12 bits per heavy atom. The molecular formula is C21H27N3O2. The number of ether oxygens (including phenoxy) is 1. The van der Waals surface area contributed by atoms with Crippen LogP contribution >= 0.6 is 0 Å². The summed E-state index contributed by atoms with van der Waals surface area (Å²) >= 11 is 0. The van der Waals surface area contributed by atoms with Crippen molar-refractivity contribution in [3.8, 4) is 0 Å². The van der Waals surface area contributed by atoms with Crippen molar-refractivity contribution in [3.05, 3.63) is 42.1 Å². The van der Waals surface area contributed by atoms with Gasteiger partial charge in [-0.2, -0.15) is 0 Å². The highest BCUT2D eigenvalue weighted by Gasteiger charge is 2.48. The summed E-state index contributed by atoms with van der Waals surface area (Å²) in [6.45, 7) is 4.33. The van der Waals surface area contributed by atoms with Crippen molar-refractivity contribution in [1.82, 2.24) is 14.8 Å². The van der Waals surface area contributed by atoms with Crippen LogP contribution in [0.4, 0.5) is 0 Å². The molecule has 3 heterocycles. The van der Waals surface area contributed by atoms with Gasteiger partial charge in [-0.15, -0.1) is 0 Å². The summed E-state index contributed by atoms with van der Waals surface area (Å²) < 4.78 is 5.61. The van der Waals surface area contributed by atoms with E-state index in [0.29, 0.717) is 5.92 Å². The number of hydrogen-bond donors (Lipinski definition) is 0. The van der Waals surface area contributed by atoms with Gasteiger partial charge in [-0.05, 0) is 62.5 Å². The fourth-order valence-electron chi connectivity index (χ4n) is 4.62. The summed E-state index contributed by atoms with van der Waals surface area (Å²) in [6, 6.07) is 9.75. The molecule has 2 fully saturated rings. The number of carbonyl (C=O) groups is 1. The number of rotatable bonds is 3. The van der Waals surface area contributed by atoms with E-state index in [1.54, 1.807) is 6.20 Å². The van der Waals surface area contributed by atoms with Crippen LogP contribution in [0, 0.1) is 11.3 Å². The molecule has 1 aromatic carbocycles. The van der Waals surface area contributed by atoms with Gasteiger partial charge in [0.15, 0.2) is 0 Å². The number of benzene rings is 1. The van der Waals surface area contributed by atoms with E-state index in [1.807, 2.05) is 30.3 Å². The highest BCUT2D eigenvalue weighted by molar-refractivity contribution is 5.98. The lowest BCUT2D eigenvalue weighted by Crippen LogP contribution is -2.40. The molecule has 26 heavy (non-hydrogen) atoms. The highest BCUT2D eigenvalue weighted by atomic mass is 16.5. The van der Waals surface area contributed by atoms with E-state index >= 15 is 0 Å². The second-order valence-electron chi connectivity index (χ2n) is 8.03. The zero-order valence-corrected chi connectivity index (χ0v) is 15.6. The number of carbonyl (C=O) groups excluding carboxylic acids is 1. The van der Waals surface area contributed by atoms with E-state index in [0.717, 1.165) is 62.2 Å². The van der Waals surface area contributed by atoms with Crippen molar-refractivity contribution in [2.24, 2.45) is 11.3 Å². The number of likely N-dealkylation sites (tertiary alicyclic amines) is 1. The summed E-state index contributed by atoms with van der Waals surface area (Å²) in [6.07, 6.45) is 3.89. The minimum atomic E-state index is 0.142. The molecule has 1 aromatic heterocycles. The van der Waals surface area contributed by atoms with E-state index in [2.05, 4.69) is 28.9 Å². The first-order valence-corrected chi connectivity index (χ1v) is 9.44. The smallest absolute Gasteiger partial charge is 0.253 e. The molecule has 1 unspecified atom stereocenters. The minimum Gasteiger partial charge on any atom is -0.381 e. The first kappa shape index (κ1) is 17.4. The van der Waals surface area contributed by atoms with Crippen molar-refractivity contribution in [2.75, 3.05) is 46.9 Å². The second-order valence-corrected chi connectivity index (χ2v) is 8.03. The van der Waals surface area contributed by atoms with E-state index in [9.17, 15) is 4.79 Å². The molecule has 5 heteroatoms. The predicted octanol–water partition coefficient (Wildman–Crippen LogP) is 2.67. The van der Waals surface area contributed by atoms with Gasteiger partial charge >= 0.3 is 0 Å². The van der Waals surface area contributed by atoms with Crippen molar-refractivity contribution in [3.63, 3.8) is 0 Å². The summed E-state index contributed by atoms with van der Waals surface area (Å²) in [5.74, 6) is 0.648. The van der Waals surface area contributed by atoms with Gasteiger partial charge in [0.1, 0.15) is 0 Å². The van der Waals surface area contributed by atoms with Gasteiger partial charge in [0.2, 0.25) is 0 Å². The zero-order chi connectivity index (χ0) is 18.1. The maximum Gasteiger partial charge on any atom is 0.253 e. The molecule has 0 N–H and O–H groups in total. The normalized spacial score (nSPS) is 22.4. The molecule has 0 radical (unpaired) electrons. The average Bonchev–Trinajstić information content (AvgIpc) is 2.98. The van der Waals surface area contributed by atoms with Crippen LogP contribution in [0.25, 0.3) is 10.9 Å². The molecule has 1 spiro atoms. The number of amides is 1. The van der Waals surface area contributed by atoms with Gasteiger partial charge in [0.05, 0.1) is 5.52 Å². The summed E-state index contributed by atoms with van der Waals surface area (Å²) in [5, 5.41) is 1.02. The largest absolute Gasteiger partial charge is 0.381 e. The van der Waals surface area contributed by atoms with Crippen LogP contribution in [0.3, 0.4) is 0 Å². The molecule has 5 nitrogen and oxygen atoms in total. The van der Waals surface area contributed by atoms with Crippen molar-refractivity contribution in [2.45, 2.75) is 12.8 Å². The first-order valence-electron chi connectivity index (χ1n) is 9.44. The Kier molecular flexibility index (Phi) is 4.67.